The van der Waals surface area contributed by atoms with Gasteiger partial charge in [-0.05, 0) is 81.3 Å². The molecule has 3 aromatic carbocycles. The number of hydrogen-bond donors (Lipinski definition) is 0. The lowest BCUT2D eigenvalue weighted by molar-refractivity contribution is 0.0121. The second-order valence-electron chi connectivity index (χ2n) is 12.2. The Labute approximate surface area is 260 Å². The maximum atomic E-state index is 12.4. The minimum atomic E-state index is -0.487. The van der Waals surface area contributed by atoms with Crippen LogP contribution >= 0.6 is 0 Å². The third-order valence-electron chi connectivity index (χ3n) is 7.63. The van der Waals surface area contributed by atoms with Gasteiger partial charge in [0, 0.05) is 24.7 Å². The van der Waals surface area contributed by atoms with Crippen LogP contribution in [0.1, 0.15) is 51.7 Å². The van der Waals surface area contributed by atoms with Crippen molar-refractivity contribution in [2.75, 3.05) is 13.1 Å². The molecule has 0 saturated carbocycles. The number of carbonyl (C=O) groups excluding carboxylic acids is 1. The number of likely N-dealkylation sites (tertiary alicyclic amines) is 1. The van der Waals surface area contributed by atoms with Gasteiger partial charge in [0.1, 0.15) is 24.6 Å². The average Bonchev–Trinajstić information content (AvgIpc) is 3.03. The Morgan fingerprint density at radius 2 is 1.41 bits per heavy atom. The summed E-state index contributed by atoms with van der Waals surface area (Å²) in [5.41, 5.74) is 3.50. The molecule has 4 aromatic rings. The maximum Gasteiger partial charge on any atom is 0.410 e. The molecule has 0 aliphatic carbocycles. The maximum absolute atomic E-state index is 12.4. The van der Waals surface area contributed by atoms with E-state index in [1.165, 1.54) is 0 Å². The van der Waals surface area contributed by atoms with Gasteiger partial charge in [-0.15, -0.1) is 0 Å². The molecule has 1 aliphatic heterocycles. The predicted octanol–water partition coefficient (Wildman–Crippen LogP) is 8.32. The van der Waals surface area contributed by atoms with Crippen LogP contribution in [0.2, 0.25) is 0 Å². The van der Waals surface area contributed by atoms with E-state index in [0.29, 0.717) is 44.0 Å². The van der Waals surface area contributed by atoms with Crippen LogP contribution in [0.5, 0.6) is 17.5 Å². The van der Waals surface area contributed by atoms with Crippen LogP contribution in [0.3, 0.4) is 0 Å². The molecular formula is C37H42N2O5. The van der Waals surface area contributed by atoms with Crippen molar-refractivity contribution in [1.82, 2.24) is 9.88 Å². The highest BCUT2D eigenvalue weighted by Gasteiger charge is 2.30. The number of ether oxygens (including phenoxy) is 4. The summed E-state index contributed by atoms with van der Waals surface area (Å²) in [4.78, 5) is 19.0. The molecule has 0 N–H and O–H groups in total. The van der Waals surface area contributed by atoms with Gasteiger partial charge in [-0.1, -0.05) is 72.8 Å². The van der Waals surface area contributed by atoms with Crippen LogP contribution in [-0.4, -0.2) is 40.8 Å². The number of amides is 1. The predicted molar refractivity (Wildman–Crippen MR) is 172 cm³/mol. The van der Waals surface area contributed by atoms with Crippen molar-refractivity contribution in [3.05, 3.63) is 108 Å². The number of hydrogen-bond acceptors (Lipinski definition) is 6. The summed E-state index contributed by atoms with van der Waals surface area (Å²) < 4.78 is 24.1. The molecule has 44 heavy (non-hydrogen) atoms. The second kappa shape index (κ2) is 14.3. The number of benzene rings is 3. The van der Waals surface area contributed by atoms with E-state index in [4.69, 9.17) is 23.9 Å². The van der Waals surface area contributed by atoms with Gasteiger partial charge in [0.2, 0.25) is 11.8 Å². The van der Waals surface area contributed by atoms with Crippen molar-refractivity contribution in [2.24, 2.45) is 5.92 Å². The van der Waals surface area contributed by atoms with E-state index in [0.717, 1.165) is 40.8 Å². The zero-order valence-corrected chi connectivity index (χ0v) is 26.1. The van der Waals surface area contributed by atoms with Crippen LogP contribution in [0.25, 0.3) is 11.1 Å². The highest BCUT2D eigenvalue weighted by atomic mass is 16.6. The Hall–Kier alpha value is -4.52. The van der Waals surface area contributed by atoms with Crippen molar-refractivity contribution in [2.45, 2.75) is 65.5 Å². The number of pyridine rings is 1. The summed E-state index contributed by atoms with van der Waals surface area (Å²) in [6.45, 7) is 9.96. The van der Waals surface area contributed by atoms with Crippen molar-refractivity contribution in [3.8, 4) is 28.6 Å². The molecule has 0 spiro atoms. The monoisotopic (exact) mass is 594 g/mol. The highest BCUT2D eigenvalue weighted by Crippen LogP contribution is 2.33. The normalized spacial score (nSPS) is 14.5. The Balaban J connectivity index is 1.23. The van der Waals surface area contributed by atoms with Crippen molar-refractivity contribution >= 4 is 6.09 Å². The Morgan fingerprint density at radius 1 is 0.818 bits per heavy atom. The molecule has 1 fully saturated rings. The molecule has 0 unspecified atom stereocenters. The molecule has 1 saturated heterocycles. The average molecular weight is 595 g/mol. The molecule has 2 heterocycles. The number of rotatable bonds is 10. The van der Waals surface area contributed by atoms with Gasteiger partial charge < -0.3 is 23.8 Å². The lowest BCUT2D eigenvalue weighted by atomic mass is 9.92. The zero-order valence-electron chi connectivity index (χ0n) is 26.1. The Kier molecular flexibility index (Phi) is 10.1. The SMILES string of the molecule is C[C@H](Oc1ccc(-c2ccc(OCc3ccccc3)nc2OCc2ccccc2)cc1)C1CCN(C(=O)OC(C)(C)C)CC1. The molecule has 1 amide bonds. The zero-order chi connectivity index (χ0) is 30.9. The first-order chi connectivity index (χ1) is 21.2. The van der Waals surface area contributed by atoms with Crippen molar-refractivity contribution < 1.29 is 23.7 Å². The Bertz CT molecular complexity index is 1480. The van der Waals surface area contributed by atoms with Gasteiger partial charge in [-0.3, -0.25) is 0 Å². The molecule has 7 nitrogen and oxygen atoms in total. The van der Waals surface area contributed by atoms with Crippen LogP contribution in [0.15, 0.2) is 97.1 Å². The number of piperidine rings is 1. The van der Waals surface area contributed by atoms with Gasteiger partial charge in [-0.25, -0.2) is 4.79 Å². The lowest BCUT2D eigenvalue weighted by Crippen LogP contribution is -2.44. The fourth-order valence-corrected chi connectivity index (χ4v) is 5.19. The smallest absolute Gasteiger partial charge is 0.410 e. The number of nitrogens with zero attached hydrogens (tertiary/aromatic N) is 2. The summed E-state index contributed by atoms with van der Waals surface area (Å²) in [6.07, 6.45) is 1.54. The summed E-state index contributed by atoms with van der Waals surface area (Å²) >= 11 is 0. The summed E-state index contributed by atoms with van der Waals surface area (Å²) in [7, 11) is 0. The quantitative estimate of drug-likeness (QED) is 0.184. The summed E-state index contributed by atoms with van der Waals surface area (Å²) in [5.74, 6) is 2.18. The molecule has 1 aliphatic rings. The molecule has 230 valence electrons. The van der Waals surface area contributed by atoms with Crippen LogP contribution in [-0.2, 0) is 18.0 Å². The lowest BCUT2D eigenvalue weighted by Gasteiger charge is -2.35. The minimum Gasteiger partial charge on any atom is -0.490 e. The third kappa shape index (κ3) is 8.75. The number of carbonyl (C=O) groups is 1. The summed E-state index contributed by atoms with van der Waals surface area (Å²) in [5, 5.41) is 0. The molecule has 0 bridgehead atoms. The fourth-order valence-electron chi connectivity index (χ4n) is 5.19. The molecule has 5 rings (SSSR count). The van der Waals surface area contributed by atoms with Gasteiger partial charge in [0.25, 0.3) is 0 Å². The van der Waals surface area contributed by atoms with E-state index in [1.54, 1.807) is 4.90 Å². The standard InChI is InChI=1S/C37H42N2O5/c1-27(30-21-23-39(24-22-30)36(40)44-37(2,3)4)43-32-17-15-31(16-18-32)33-19-20-34(41-25-28-11-7-5-8-12-28)38-35(33)42-26-29-13-9-6-10-14-29/h5-20,27,30H,21-26H2,1-4H3/t27-/m0/s1. The van der Waals surface area contributed by atoms with Crippen LogP contribution in [0, 0.1) is 5.92 Å². The van der Waals surface area contributed by atoms with E-state index in [9.17, 15) is 4.79 Å². The molecule has 7 heteroatoms. The molecule has 1 aromatic heterocycles. The minimum absolute atomic E-state index is 0.0223. The fraction of sp³-hybridized carbons (Fsp3) is 0.351. The largest absolute Gasteiger partial charge is 0.490 e. The third-order valence-corrected chi connectivity index (χ3v) is 7.63. The van der Waals surface area contributed by atoms with E-state index in [-0.39, 0.29) is 12.2 Å². The molecule has 1 atom stereocenters. The van der Waals surface area contributed by atoms with E-state index in [2.05, 4.69) is 6.92 Å². The van der Waals surface area contributed by atoms with Crippen molar-refractivity contribution in [3.63, 3.8) is 0 Å². The summed E-state index contributed by atoms with van der Waals surface area (Å²) in [6, 6.07) is 32.0. The van der Waals surface area contributed by atoms with Gasteiger partial charge >= 0.3 is 6.09 Å². The highest BCUT2D eigenvalue weighted by molar-refractivity contribution is 5.70. The first-order valence-electron chi connectivity index (χ1n) is 15.3. The van der Waals surface area contributed by atoms with Gasteiger partial charge in [0.05, 0.1) is 6.10 Å². The van der Waals surface area contributed by atoms with Gasteiger partial charge in [0.15, 0.2) is 0 Å². The number of aromatic nitrogens is 1. The van der Waals surface area contributed by atoms with Crippen LogP contribution in [0.4, 0.5) is 4.79 Å². The van der Waals surface area contributed by atoms with E-state index >= 15 is 0 Å². The topological polar surface area (TPSA) is 70.1 Å². The van der Waals surface area contributed by atoms with E-state index < -0.39 is 5.60 Å². The first kappa shape index (κ1) is 30.9. The van der Waals surface area contributed by atoms with Gasteiger partial charge in [-0.2, -0.15) is 4.98 Å². The van der Waals surface area contributed by atoms with E-state index in [1.807, 2.05) is 118 Å². The second-order valence-corrected chi connectivity index (χ2v) is 12.2. The Morgan fingerprint density at radius 3 is 2.00 bits per heavy atom. The molecule has 0 radical (unpaired) electrons. The van der Waals surface area contributed by atoms with Crippen LogP contribution < -0.4 is 14.2 Å². The van der Waals surface area contributed by atoms with Crippen molar-refractivity contribution in [1.29, 1.82) is 0 Å². The molecular weight excluding hydrogens is 552 g/mol. The first-order valence-corrected chi connectivity index (χ1v) is 15.3.